The van der Waals surface area contributed by atoms with Gasteiger partial charge in [0.05, 0.1) is 0 Å². The second-order valence-electron chi connectivity index (χ2n) is 4.98. The van der Waals surface area contributed by atoms with Crippen molar-refractivity contribution in [2.24, 2.45) is 4.99 Å². The summed E-state index contributed by atoms with van der Waals surface area (Å²) < 4.78 is 6.15. The van der Waals surface area contributed by atoms with E-state index in [1.165, 1.54) is 18.7 Å². The van der Waals surface area contributed by atoms with Crippen molar-refractivity contribution < 1.29 is 4.74 Å². The van der Waals surface area contributed by atoms with E-state index in [0.717, 1.165) is 38.1 Å². The molecule has 96 valence electrons. The fourth-order valence-electron chi connectivity index (χ4n) is 2.74. The SMILES string of the molecule is c1ccc(OC2CCCCC3=NCCCN32)cc1. The smallest absolute Gasteiger partial charge is 0.173 e. The lowest BCUT2D eigenvalue weighted by Gasteiger charge is -2.34. The first-order chi connectivity index (χ1) is 8.93. The third kappa shape index (κ3) is 2.50. The van der Waals surface area contributed by atoms with Gasteiger partial charge in [0.1, 0.15) is 11.6 Å². The van der Waals surface area contributed by atoms with Crippen molar-refractivity contribution in [1.29, 1.82) is 0 Å². The summed E-state index contributed by atoms with van der Waals surface area (Å²) in [5.74, 6) is 2.23. The summed E-state index contributed by atoms with van der Waals surface area (Å²) in [7, 11) is 0. The Bertz CT molecular complexity index is 416. The quantitative estimate of drug-likeness (QED) is 0.798. The van der Waals surface area contributed by atoms with E-state index in [0.29, 0.717) is 0 Å². The monoisotopic (exact) mass is 244 g/mol. The van der Waals surface area contributed by atoms with Gasteiger partial charge in [-0.3, -0.25) is 4.99 Å². The minimum atomic E-state index is 0.175. The summed E-state index contributed by atoms with van der Waals surface area (Å²) in [6.45, 7) is 2.08. The maximum Gasteiger partial charge on any atom is 0.173 e. The molecular formula is C15H20N2O. The molecular weight excluding hydrogens is 224 g/mol. The maximum atomic E-state index is 6.15. The molecule has 0 radical (unpaired) electrons. The number of hydrogen-bond acceptors (Lipinski definition) is 3. The van der Waals surface area contributed by atoms with Crippen LogP contribution < -0.4 is 4.74 Å². The first-order valence-electron chi connectivity index (χ1n) is 6.95. The van der Waals surface area contributed by atoms with Crippen LogP contribution in [-0.2, 0) is 0 Å². The molecule has 18 heavy (non-hydrogen) atoms. The normalized spacial score (nSPS) is 23.9. The van der Waals surface area contributed by atoms with Crippen molar-refractivity contribution in [3.05, 3.63) is 30.3 Å². The van der Waals surface area contributed by atoms with Crippen molar-refractivity contribution in [1.82, 2.24) is 4.90 Å². The van der Waals surface area contributed by atoms with Crippen LogP contribution in [0.15, 0.2) is 35.3 Å². The highest BCUT2D eigenvalue weighted by molar-refractivity contribution is 5.83. The van der Waals surface area contributed by atoms with Gasteiger partial charge in [0, 0.05) is 25.9 Å². The van der Waals surface area contributed by atoms with Crippen molar-refractivity contribution >= 4 is 5.84 Å². The van der Waals surface area contributed by atoms with Gasteiger partial charge in [-0.15, -0.1) is 0 Å². The predicted octanol–water partition coefficient (Wildman–Crippen LogP) is 3.07. The summed E-state index contributed by atoms with van der Waals surface area (Å²) in [5.41, 5.74) is 0. The molecule has 0 aromatic heterocycles. The van der Waals surface area contributed by atoms with Crippen molar-refractivity contribution in [3.8, 4) is 5.75 Å². The van der Waals surface area contributed by atoms with Crippen molar-refractivity contribution in [2.75, 3.05) is 13.1 Å². The number of fused-ring (bicyclic) bond motifs is 1. The van der Waals surface area contributed by atoms with Crippen LogP contribution in [-0.4, -0.2) is 30.1 Å². The lowest BCUT2D eigenvalue weighted by atomic mass is 10.2. The van der Waals surface area contributed by atoms with E-state index in [1.54, 1.807) is 0 Å². The van der Waals surface area contributed by atoms with Gasteiger partial charge in [-0.05, 0) is 31.4 Å². The number of ether oxygens (including phenoxy) is 1. The number of para-hydroxylation sites is 1. The fraction of sp³-hybridized carbons (Fsp3) is 0.533. The van der Waals surface area contributed by atoms with Gasteiger partial charge >= 0.3 is 0 Å². The van der Waals surface area contributed by atoms with Crippen LogP contribution in [0.2, 0.25) is 0 Å². The third-order valence-corrected chi connectivity index (χ3v) is 3.65. The molecule has 3 nitrogen and oxygen atoms in total. The summed E-state index contributed by atoms with van der Waals surface area (Å²) in [6, 6.07) is 10.1. The average Bonchev–Trinajstić information content (AvgIpc) is 2.63. The number of benzene rings is 1. The van der Waals surface area contributed by atoms with Crippen LogP contribution in [0.3, 0.4) is 0 Å². The van der Waals surface area contributed by atoms with Crippen LogP contribution in [0, 0.1) is 0 Å². The Morgan fingerprint density at radius 2 is 2.00 bits per heavy atom. The molecule has 1 saturated heterocycles. The summed E-state index contributed by atoms with van der Waals surface area (Å²) in [6.07, 6.45) is 6.02. The zero-order valence-corrected chi connectivity index (χ0v) is 10.7. The number of hydrogen-bond donors (Lipinski definition) is 0. The summed E-state index contributed by atoms with van der Waals surface area (Å²) >= 11 is 0. The zero-order chi connectivity index (χ0) is 12.2. The van der Waals surface area contributed by atoms with Crippen LogP contribution in [0.1, 0.15) is 32.1 Å². The second-order valence-corrected chi connectivity index (χ2v) is 4.98. The first-order valence-corrected chi connectivity index (χ1v) is 6.95. The molecule has 0 saturated carbocycles. The Labute approximate surface area is 108 Å². The Morgan fingerprint density at radius 1 is 1.11 bits per heavy atom. The molecule has 2 heterocycles. The van der Waals surface area contributed by atoms with Crippen LogP contribution in [0.4, 0.5) is 0 Å². The predicted molar refractivity (Wildman–Crippen MR) is 73.0 cm³/mol. The number of rotatable bonds is 2. The van der Waals surface area contributed by atoms with E-state index in [1.807, 2.05) is 30.3 Å². The highest BCUT2D eigenvalue weighted by atomic mass is 16.5. The molecule has 2 aliphatic heterocycles. The Morgan fingerprint density at radius 3 is 2.89 bits per heavy atom. The minimum Gasteiger partial charge on any atom is -0.471 e. The number of amidine groups is 1. The molecule has 0 amide bonds. The molecule has 2 aliphatic rings. The average molecular weight is 244 g/mol. The molecule has 0 N–H and O–H groups in total. The first kappa shape index (κ1) is 11.6. The van der Waals surface area contributed by atoms with Gasteiger partial charge in [-0.2, -0.15) is 0 Å². The highest BCUT2D eigenvalue weighted by Gasteiger charge is 2.27. The molecule has 3 rings (SSSR count). The Balaban J connectivity index is 1.77. The molecule has 1 unspecified atom stereocenters. The van der Waals surface area contributed by atoms with Crippen LogP contribution in [0.25, 0.3) is 0 Å². The number of aliphatic imine (C=N–C) groups is 1. The third-order valence-electron chi connectivity index (χ3n) is 3.65. The van der Waals surface area contributed by atoms with Crippen molar-refractivity contribution in [2.45, 2.75) is 38.3 Å². The van der Waals surface area contributed by atoms with E-state index in [2.05, 4.69) is 9.89 Å². The largest absolute Gasteiger partial charge is 0.471 e. The molecule has 1 aromatic rings. The molecule has 0 aliphatic carbocycles. The van der Waals surface area contributed by atoms with Gasteiger partial charge in [0.25, 0.3) is 0 Å². The zero-order valence-electron chi connectivity index (χ0n) is 10.7. The van der Waals surface area contributed by atoms with Gasteiger partial charge in [-0.1, -0.05) is 18.2 Å². The molecule has 1 aromatic carbocycles. The van der Waals surface area contributed by atoms with Crippen molar-refractivity contribution in [3.63, 3.8) is 0 Å². The van der Waals surface area contributed by atoms with Gasteiger partial charge < -0.3 is 9.64 Å². The minimum absolute atomic E-state index is 0.175. The summed E-state index contributed by atoms with van der Waals surface area (Å²) in [5, 5.41) is 0. The lowest BCUT2D eigenvalue weighted by Crippen LogP contribution is -2.45. The molecule has 0 spiro atoms. The molecule has 0 bridgehead atoms. The maximum absolute atomic E-state index is 6.15. The van der Waals surface area contributed by atoms with E-state index in [4.69, 9.17) is 4.74 Å². The van der Waals surface area contributed by atoms with Crippen LogP contribution in [0.5, 0.6) is 5.75 Å². The second kappa shape index (κ2) is 5.42. The van der Waals surface area contributed by atoms with Gasteiger partial charge in [0.15, 0.2) is 6.23 Å². The fourth-order valence-corrected chi connectivity index (χ4v) is 2.74. The lowest BCUT2D eigenvalue weighted by molar-refractivity contribution is 0.0679. The Hall–Kier alpha value is -1.51. The van der Waals surface area contributed by atoms with Gasteiger partial charge in [-0.25, -0.2) is 0 Å². The van der Waals surface area contributed by atoms with E-state index >= 15 is 0 Å². The molecule has 3 heteroatoms. The standard InChI is InChI=1S/C15H20N2O/c1-2-7-13(8-3-1)18-15-10-5-4-9-14-16-11-6-12-17(14)15/h1-3,7-8,15H,4-6,9-12H2. The number of nitrogens with zero attached hydrogens (tertiary/aromatic N) is 2. The summed E-state index contributed by atoms with van der Waals surface area (Å²) in [4.78, 5) is 7.04. The highest BCUT2D eigenvalue weighted by Crippen LogP contribution is 2.24. The van der Waals surface area contributed by atoms with E-state index < -0.39 is 0 Å². The van der Waals surface area contributed by atoms with Crippen LogP contribution >= 0.6 is 0 Å². The topological polar surface area (TPSA) is 24.8 Å². The molecule has 1 atom stereocenters. The van der Waals surface area contributed by atoms with E-state index in [-0.39, 0.29) is 6.23 Å². The van der Waals surface area contributed by atoms with E-state index in [9.17, 15) is 0 Å². The molecule has 1 fully saturated rings. The Kier molecular flexibility index (Phi) is 3.49. The van der Waals surface area contributed by atoms with Gasteiger partial charge in [0.2, 0.25) is 0 Å².